The van der Waals surface area contributed by atoms with Crippen LogP contribution in [-0.2, 0) is 4.74 Å². The quantitative estimate of drug-likeness (QED) is 0.189. The summed E-state index contributed by atoms with van der Waals surface area (Å²) in [5, 5.41) is 0. The Labute approximate surface area is 183 Å². The third-order valence-corrected chi connectivity index (χ3v) is 4.74. The molecule has 1 rings (SSSR count). The molecule has 0 bridgehead atoms. The topological polar surface area (TPSA) is 54.0 Å². The summed E-state index contributed by atoms with van der Waals surface area (Å²) in [5.41, 5.74) is 0.450. The fourth-order valence-corrected chi connectivity index (χ4v) is 2.80. The Morgan fingerprint density at radius 3 is 1.63 bits per heavy atom. The standard InChI is InChI=1S/C25H42O5/c1-5-9-13-14-18-30-25(26)21-19-22(27-15-10-6-2)24(29-17-12-8-4)23(20-21)28-16-11-7-3/h19-20H,5-18H2,1-4H3. The Balaban J connectivity index is 3.02. The van der Waals surface area contributed by atoms with E-state index in [1.165, 1.54) is 0 Å². The largest absolute Gasteiger partial charge is 0.490 e. The molecule has 5 nitrogen and oxygen atoms in total. The van der Waals surface area contributed by atoms with E-state index in [4.69, 9.17) is 18.9 Å². The molecule has 5 heteroatoms. The van der Waals surface area contributed by atoms with E-state index in [2.05, 4.69) is 27.7 Å². The SMILES string of the molecule is CCCCCCOC(=O)c1cc(OCCCC)c(OCCCC)c(OCCCC)c1. The van der Waals surface area contributed by atoms with Crippen LogP contribution < -0.4 is 14.2 Å². The highest BCUT2D eigenvalue weighted by Crippen LogP contribution is 2.39. The molecule has 0 aromatic heterocycles. The molecule has 0 spiro atoms. The Morgan fingerprint density at radius 2 is 1.13 bits per heavy atom. The van der Waals surface area contributed by atoms with E-state index in [0.29, 0.717) is 49.2 Å². The molecule has 0 heterocycles. The molecule has 0 unspecified atom stereocenters. The van der Waals surface area contributed by atoms with Crippen LogP contribution in [0, 0.1) is 0 Å². The van der Waals surface area contributed by atoms with Crippen molar-refractivity contribution < 1.29 is 23.7 Å². The first-order chi connectivity index (χ1) is 14.7. The number of ether oxygens (including phenoxy) is 4. The van der Waals surface area contributed by atoms with Gasteiger partial charge in [-0.3, -0.25) is 0 Å². The molecule has 0 aliphatic heterocycles. The number of carbonyl (C=O) groups excluding carboxylic acids is 1. The van der Waals surface area contributed by atoms with Crippen molar-refractivity contribution in [2.45, 2.75) is 91.9 Å². The number of unbranched alkanes of at least 4 members (excludes halogenated alkanes) is 6. The van der Waals surface area contributed by atoms with E-state index in [1.807, 2.05) is 0 Å². The van der Waals surface area contributed by atoms with Crippen LogP contribution in [0.2, 0.25) is 0 Å². The maximum absolute atomic E-state index is 12.6. The molecule has 0 saturated carbocycles. The van der Waals surface area contributed by atoms with Crippen LogP contribution in [0.1, 0.15) is 102 Å². The van der Waals surface area contributed by atoms with Crippen molar-refractivity contribution in [3.8, 4) is 17.2 Å². The third-order valence-electron chi connectivity index (χ3n) is 4.74. The van der Waals surface area contributed by atoms with Crippen molar-refractivity contribution in [3.05, 3.63) is 17.7 Å². The van der Waals surface area contributed by atoms with Crippen LogP contribution in [0.5, 0.6) is 17.2 Å². The molecule has 0 amide bonds. The van der Waals surface area contributed by atoms with Crippen LogP contribution >= 0.6 is 0 Å². The van der Waals surface area contributed by atoms with Crippen molar-refractivity contribution in [1.29, 1.82) is 0 Å². The van der Waals surface area contributed by atoms with Gasteiger partial charge in [0.25, 0.3) is 0 Å². The summed E-state index contributed by atoms with van der Waals surface area (Å²) in [4.78, 5) is 12.6. The van der Waals surface area contributed by atoms with Gasteiger partial charge in [-0.15, -0.1) is 0 Å². The maximum atomic E-state index is 12.6. The predicted molar refractivity (Wildman–Crippen MR) is 122 cm³/mol. The van der Waals surface area contributed by atoms with Gasteiger partial charge in [-0.05, 0) is 37.8 Å². The number of rotatable bonds is 18. The summed E-state index contributed by atoms with van der Waals surface area (Å²) in [5.74, 6) is 1.38. The lowest BCUT2D eigenvalue weighted by Gasteiger charge is -2.18. The molecule has 0 saturated heterocycles. The second-order valence-electron chi connectivity index (χ2n) is 7.60. The highest BCUT2D eigenvalue weighted by molar-refractivity contribution is 5.91. The third kappa shape index (κ3) is 10.2. The molecule has 1 aromatic rings. The highest BCUT2D eigenvalue weighted by Gasteiger charge is 2.19. The second kappa shape index (κ2) is 16.8. The molecule has 30 heavy (non-hydrogen) atoms. The minimum atomic E-state index is -0.340. The van der Waals surface area contributed by atoms with E-state index in [0.717, 1.165) is 64.2 Å². The fourth-order valence-electron chi connectivity index (χ4n) is 2.80. The van der Waals surface area contributed by atoms with E-state index >= 15 is 0 Å². The minimum absolute atomic E-state index is 0.340. The zero-order valence-electron chi connectivity index (χ0n) is 19.6. The molecule has 0 radical (unpaired) electrons. The number of hydrogen-bond acceptors (Lipinski definition) is 5. The summed E-state index contributed by atoms with van der Waals surface area (Å²) < 4.78 is 23.5. The maximum Gasteiger partial charge on any atom is 0.338 e. The lowest BCUT2D eigenvalue weighted by Crippen LogP contribution is -2.10. The predicted octanol–water partition coefficient (Wildman–Crippen LogP) is 6.96. The van der Waals surface area contributed by atoms with Gasteiger partial charge < -0.3 is 18.9 Å². The molecule has 0 aliphatic carbocycles. The lowest BCUT2D eigenvalue weighted by molar-refractivity contribution is 0.0496. The number of benzene rings is 1. The molecule has 0 fully saturated rings. The number of hydrogen-bond donors (Lipinski definition) is 0. The Morgan fingerprint density at radius 1 is 0.633 bits per heavy atom. The van der Waals surface area contributed by atoms with Gasteiger partial charge in [-0.25, -0.2) is 4.79 Å². The first kappa shape index (κ1) is 26.1. The van der Waals surface area contributed by atoms with Crippen LogP contribution in [0.4, 0.5) is 0 Å². The zero-order chi connectivity index (χ0) is 22.0. The van der Waals surface area contributed by atoms with E-state index in [-0.39, 0.29) is 5.97 Å². The van der Waals surface area contributed by atoms with E-state index < -0.39 is 0 Å². The smallest absolute Gasteiger partial charge is 0.338 e. The molecule has 0 atom stereocenters. The average Bonchev–Trinajstić information content (AvgIpc) is 2.75. The molecular formula is C25H42O5. The van der Waals surface area contributed by atoms with E-state index in [1.54, 1.807) is 12.1 Å². The van der Waals surface area contributed by atoms with Crippen LogP contribution in [0.15, 0.2) is 12.1 Å². The zero-order valence-corrected chi connectivity index (χ0v) is 19.6. The van der Waals surface area contributed by atoms with Gasteiger partial charge in [0.2, 0.25) is 5.75 Å². The summed E-state index contributed by atoms with van der Waals surface area (Å²) in [7, 11) is 0. The summed E-state index contributed by atoms with van der Waals surface area (Å²) in [6, 6.07) is 3.47. The molecule has 172 valence electrons. The van der Waals surface area contributed by atoms with Gasteiger partial charge in [0.1, 0.15) is 0 Å². The van der Waals surface area contributed by atoms with Crippen LogP contribution in [0.25, 0.3) is 0 Å². The molecule has 0 aliphatic rings. The van der Waals surface area contributed by atoms with Gasteiger partial charge in [0.05, 0.1) is 32.0 Å². The molecule has 0 N–H and O–H groups in total. The van der Waals surface area contributed by atoms with Crippen LogP contribution in [0.3, 0.4) is 0 Å². The Bertz CT molecular complexity index is 554. The second-order valence-corrected chi connectivity index (χ2v) is 7.60. The van der Waals surface area contributed by atoms with Crippen molar-refractivity contribution in [1.82, 2.24) is 0 Å². The first-order valence-electron chi connectivity index (χ1n) is 11.9. The Kier molecular flexibility index (Phi) is 14.7. The van der Waals surface area contributed by atoms with Gasteiger partial charge >= 0.3 is 5.97 Å². The summed E-state index contributed by atoms with van der Waals surface area (Å²) in [6.45, 7) is 10.7. The van der Waals surface area contributed by atoms with Gasteiger partial charge in [0, 0.05) is 0 Å². The normalized spacial score (nSPS) is 10.7. The number of carbonyl (C=O) groups is 1. The Hall–Kier alpha value is -1.91. The van der Waals surface area contributed by atoms with Crippen molar-refractivity contribution >= 4 is 5.97 Å². The van der Waals surface area contributed by atoms with Crippen molar-refractivity contribution in [2.24, 2.45) is 0 Å². The lowest BCUT2D eigenvalue weighted by atomic mass is 10.1. The summed E-state index contributed by atoms with van der Waals surface area (Å²) >= 11 is 0. The summed E-state index contributed by atoms with van der Waals surface area (Å²) in [6.07, 6.45) is 10.2. The van der Waals surface area contributed by atoms with Gasteiger partial charge in [0.15, 0.2) is 11.5 Å². The monoisotopic (exact) mass is 422 g/mol. The fraction of sp³-hybridized carbons (Fsp3) is 0.720. The van der Waals surface area contributed by atoms with Crippen LogP contribution in [-0.4, -0.2) is 32.4 Å². The first-order valence-corrected chi connectivity index (χ1v) is 11.9. The van der Waals surface area contributed by atoms with Gasteiger partial charge in [-0.2, -0.15) is 0 Å². The van der Waals surface area contributed by atoms with E-state index in [9.17, 15) is 4.79 Å². The average molecular weight is 423 g/mol. The van der Waals surface area contributed by atoms with Crippen molar-refractivity contribution in [3.63, 3.8) is 0 Å². The molecular weight excluding hydrogens is 380 g/mol. The highest BCUT2D eigenvalue weighted by atomic mass is 16.5. The van der Waals surface area contributed by atoms with Gasteiger partial charge in [-0.1, -0.05) is 66.2 Å². The number of esters is 1. The minimum Gasteiger partial charge on any atom is -0.490 e. The van der Waals surface area contributed by atoms with Crippen molar-refractivity contribution in [2.75, 3.05) is 26.4 Å². The molecule has 1 aromatic carbocycles.